The van der Waals surface area contributed by atoms with Gasteiger partial charge in [-0.25, -0.2) is 9.79 Å². The third-order valence-electron chi connectivity index (χ3n) is 3.13. The molecule has 2 rings (SSSR count). The van der Waals surface area contributed by atoms with Crippen LogP contribution in [0.1, 0.15) is 38.8 Å². The molecule has 1 amide bonds. The summed E-state index contributed by atoms with van der Waals surface area (Å²) >= 11 is 6.32. The molecule has 5 heteroatoms. The van der Waals surface area contributed by atoms with Crippen LogP contribution in [0.4, 0.5) is 4.79 Å². The fourth-order valence-corrected chi connectivity index (χ4v) is 2.50. The maximum Gasteiger partial charge on any atom is 0.416 e. The molecule has 1 aromatic carbocycles. The molecule has 1 aromatic rings. The lowest BCUT2D eigenvalue weighted by Crippen LogP contribution is -2.43. The number of nitrogens with zero attached hydrogens (tertiary/aromatic N) is 2. The second-order valence-corrected chi connectivity index (χ2v) is 6.83. The smallest absolute Gasteiger partial charge is 0.416 e. The lowest BCUT2D eigenvalue weighted by atomic mass is 10.1. The maximum absolute atomic E-state index is 12.5. The van der Waals surface area contributed by atoms with Gasteiger partial charge in [0, 0.05) is 11.8 Å². The number of rotatable bonds is 1. The van der Waals surface area contributed by atoms with E-state index in [0.717, 1.165) is 16.7 Å². The SMILES string of the molecule is CC1=CN=C(c2c(C)cccc2Cl)N(C(=O)OC(C)(C)C)C1. The summed E-state index contributed by atoms with van der Waals surface area (Å²) in [5, 5.41) is 0.570. The Labute approximate surface area is 136 Å². The van der Waals surface area contributed by atoms with Gasteiger partial charge in [0.2, 0.25) is 0 Å². The van der Waals surface area contributed by atoms with Gasteiger partial charge in [-0.05, 0) is 51.8 Å². The van der Waals surface area contributed by atoms with E-state index in [1.54, 1.807) is 12.3 Å². The predicted octanol–water partition coefficient (Wildman–Crippen LogP) is 4.55. The fraction of sp³-hybridized carbons (Fsp3) is 0.412. The van der Waals surface area contributed by atoms with Crippen LogP contribution in [0.2, 0.25) is 5.02 Å². The van der Waals surface area contributed by atoms with Gasteiger partial charge in [0.05, 0.1) is 11.6 Å². The van der Waals surface area contributed by atoms with Crippen LogP contribution in [0, 0.1) is 6.92 Å². The van der Waals surface area contributed by atoms with Crippen molar-refractivity contribution in [2.45, 2.75) is 40.2 Å². The van der Waals surface area contributed by atoms with Crippen molar-refractivity contribution in [2.24, 2.45) is 4.99 Å². The largest absolute Gasteiger partial charge is 0.443 e. The standard InChI is InChI=1S/C17H21ClN2O2/c1-11-9-19-15(14-12(2)7-6-8-13(14)18)20(10-11)16(21)22-17(3,4)5/h6-9H,10H2,1-5H3. The molecule has 4 nitrogen and oxygen atoms in total. The molecule has 118 valence electrons. The van der Waals surface area contributed by atoms with Crippen molar-refractivity contribution in [1.82, 2.24) is 4.90 Å². The Morgan fingerprint density at radius 3 is 2.59 bits per heavy atom. The molecule has 0 aromatic heterocycles. The zero-order valence-corrected chi connectivity index (χ0v) is 14.4. The molecule has 0 radical (unpaired) electrons. The van der Waals surface area contributed by atoms with E-state index >= 15 is 0 Å². The number of carbonyl (C=O) groups excluding carboxylic acids is 1. The highest BCUT2D eigenvalue weighted by molar-refractivity contribution is 6.34. The van der Waals surface area contributed by atoms with Crippen LogP contribution in [0.5, 0.6) is 0 Å². The third-order valence-corrected chi connectivity index (χ3v) is 3.44. The van der Waals surface area contributed by atoms with Gasteiger partial charge in [-0.2, -0.15) is 0 Å². The Balaban J connectivity index is 2.44. The highest BCUT2D eigenvalue weighted by Crippen LogP contribution is 2.25. The van der Waals surface area contributed by atoms with Gasteiger partial charge < -0.3 is 4.74 Å². The molecule has 0 aliphatic carbocycles. The topological polar surface area (TPSA) is 41.9 Å². The first-order valence-electron chi connectivity index (χ1n) is 7.18. The van der Waals surface area contributed by atoms with Crippen molar-refractivity contribution in [3.05, 3.63) is 46.1 Å². The third kappa shape index (κ3) is 3.69. The van der Waals surface area contributed by atoms with Gasteiger partial charge in [-0.15, -0.1) is 0 Å². The summed E-state index contributed by atoms with van der Waals surface area (Å²) in [6, 6.07) is 5.62. The van der Waals surface area contributed by atoms with E-state index in [1.807, 2.05) is 46.8 Å². The van der Waals surface area contributed by atoms with Crippen LogP contribution in [-0.2, 0) is 4.74 Å². The average molecular weight is 321 g/mol. The van der Waals surface area contributed by atoms with Gasteiger partial charge >= 0.3 is 6.09 Å². The number of aliphatic imine (C=N–C) groups is 1. The molecule has 1 aliphatic rings. The summed E-state index contributed by atoms with van der Waals surface area (Å²) in [7, 11) is 0. The Morgan fingerprint density at radius 1 is 1.32 bits per heavy atom. The van der Waals surface area contributed by atoms with E-state index in [4.69, 9.17) is 16.3 Å². The summed E-state index contributed by atoms with van der Waals surface area (Å²) in [5.41, 5.74) is 2.15. The molecule has 1 heterocycles. The number of amides is 1. The van der Waals surface area contributed by atoms with Gasteiger partial charge in [0.1, 0.15) is 11.4 Å². The lowest BCUT2D eigenvalue weighted by molar-refractivity contribution is 0.0379. The number of benzene rings is 1. The second-order valence-electron chi connectivity index (χ2n) is 6.43. The minimum atomic E-state index is -0.563. The quantitative estimate of drug-likeness (QED) is 0.761. The molecule has 0 saturated heterocycles. The maximum atomic E-state index is 12.5. The number of amidine groups is 1. The average Bonchev–Trinajstić information content (AvgIpc) is 2.38. The molecule has 0 saturated carbocycles. The zero-order chi connectivity index (χ0) is 16.5. The van der Waals surface area contributed by atoms with Crippen LogP contribution < -0.4 is 0 Å². The summed E-state index contributed by atoms with van der Waals surface area (Å²) in [5.74, 6) is 0.531. The summed E-state index contributed by atoms with van der Waals surface area (Å²) in [4.78, 5) is 18.5. The van der Waals surface area contributed by atoms with Crippen LogP contribution in [0.3, 0.4) is 0 Å². The number of hydrogen-bond acceptors (Lipinski definition) is 3. The Morgan fingerprint density at radius 2 is 2.00 bits per heavy atom. The van der Waals surface area contributed by atoms with Crippen molar-refractivity contribution >= 4 is 23.5 Å². The minimum Gasteiger partial charge on any atom is -0.443 e. The lowest BCUT2D eigenvalue weighted by Gasteiger charge is -2.30. The van der Waals surface area contributed by atoms with E-state index in [-0.39, 0.29) is 0 Å². The number of halogens is 1. The number of hydrogen-bond donors (Lipinski definition) is 0. The van der Waals surface area contributed by atoms with Crippen LogP contribution in [0.15, 0.2) is 35.0 Å². The van der Waals surface area contributed by atoms with E-state index in [2.05, 4.69) is 4.99 Å². The monoisotopic (exact) mass is 320 g/mol. The van der Waals surface area contributed by atoms with Crippen molar-refractivity contribution in [3.8, 4) is 0 Å². The Kier molecular flexibility index (Phi) is 4.61. The van der Waals surface area contributed by atoms with E-state index in [0.29, 0.717) is 17.4 Å². The van der Waals surface area contributed by atoms with E-state index in [9.17, 15) is 4.79 Å². The molecule has 0 N–H and O–H groups in total. The van der Waals surface area contributed by atoms with Crippen molar-refractivity contribution in [1.29, 1.82) is 0 Å². The first-order valence-corrected chi connectivity index (χ1v) is 7.56. The van der Waals surface area contributed by atoms with E-state index in [1.165, 1.54) is 4.90 Å². The Hall–Kier alpha value is -1.81. The van der Waals surface area contributed by atoms with Crippen molar-refractivity contribution in [2.75, 3.05) is 6.54 Å². The van der Waals surface area contributed by atoms with Gasteiger partial charge in [0.25, 0.3) is 0 Å². The second kappa shape index (κ2) is 6.13. The molecular weight excluding hydrogens is 300 g/mol. The summed E-state index contributed by atoms with van der Waals surface area (Å²) in [6.45, 7) is 9.84. The molecule has 1 aliphatic heterocycles. The van der Waals surface area contributed by atoms with Gasteiger partial charge in [0.15, 0.2) is 0 Å². The van der Waals surface area contributed by atoms with Crippen LogP contribution in [0.25, 0.3) is 0 Å². The highest BCUT2D eigenvalue weighted by atomic mass is 35.5. The number of aryl methyl sites for hydroxylation is 1. The first kappa shape index (κ1) is 16.6. The molecule has 0 fully saturated rings. The normalized spacial score (nSPS) is 15.3. The zero-order valence-electron chi connectivity index (χ0n) is 13.6. The summed E-state index contributed by atoms with van der Waals surface area (Å²) < 4.78 is 5.49. The molecule has 0 atom stereocenters. The van der Waals surface area contributed by atoms with Crippen LogP contribution >= 0.6 is 11.6 Å². The molecule has 0 spiro atoms. The van der Waals surface area contributed by atoms with Gasteiger partial charge in [-0.3, -0.25) is 4.90 Å². The molecule has 22 heavy (non-hydrogen) atoms. The summed E-state index contributed by atoms with van der Waals surface area (Å²) in [6.07, 6.45) is 1.34. The first-order chi connectivity index (χ1) is 10.2. The Bertz CT molecular complexity index is 637. The number of carbonyl (C=O) groups is 1. The van der Waals surface area contributed by atoms with E-state index < -0.39 is 11.7 Å². The highest BCUT2D eigenvalue weighted by Gasteiger charge is 2.30. The molecular formula is C17H21ClN2O2. The van der Waals surface area contributed by atoms with Gasteiger partial charge in [-0.1, -0.05) is 23.7 Å². The number of ether oxygens (including phenoxy) is 1. The fourth-order valence-electron chi connectivity index (χ4n) is 2.19. The van der Waals surface area contributed by atoms with Crippen LogP contribution in [-0.4, -0.2) is 29.0 Å². The molecule has 0 bridgehead atoms. The molecule has 0 unspecified atom stereocenters. The predicted molar refractivity (Wildman–Crippen MR) is 89.4 cm³/mol. The minimum absolute atomic E-state index is 0.419. The van der Waals surface area contributed by atoms with Crippen molar-refractivity contribution < 1.29 is 9.53 Å². The van der Waals surface area contributed by atoms with Crippen molar-refractivity contribution in [3.63, 3.8) is 0 Å².